The number of ether oxygens (including phenoxy) is 1. The smallest absolute Gasteiger partial charge is 0.210 e. The lowest BCUT2D eigenvalue weighted by atomic mass is 10.2. The van der Waals surface area contributed by atoms with Gasteiger partial charge in [0.15, 0.2) is 0 Å². The number of anilines is 2. The van der Waals surface area contributed by atoms with Crippen molar-refractivity contribution in [3.05, 3.63) is 24.3 Å². The number of benzene rings is 1. The molecule has 1 aromatic rings. The summed E-state index contributed by atoms with van der Waals surface area (Å²) >= 11 is 0. The molecule has 0 amide bonds. The Bertz CT molecular complexity index is 419. The number of rotatable bonds is 5. The van der Waals surface area contributed by atoms with Crippen LogP contribution in [0.3, 0.4) is 0 Å². The van der Waals surface area contributed by atoms with Gasteiger partial charge < -0.3 is 15.0 Å². The number of guanidine groups is 1. The lowest BCUT2D eigenvalue weighted by Gasteiger charge is -2.16. The van der Waals surface area contributed by atoms with E-state index in [1.807, 2.05) is 50.2 Å². The molecule has 0 aliphatic carbocycles. The summed E-state index contributed by atoms with van der Waals surface area (Å²) in [6.07, 6.45) is 0. The van der Waals surface area contributed by atoms with E-state index in [-0.39, 0.29) is 6.04 Å². The topological polar surface area (TPSA) is 74.9 Å². The highest BCUT2D eigenvalue weighted by molar-refractivity contribution is 5.93. The van der Waals surface area contributed by atoms with Gasteiger partial charge in [-0.25, -0.2) is 10.8 Å². The summed E-state index contributed by atoms with van der Waals surface area (Å²) < 4.78 is 5.04. The van der Waals surface area contributed by atoms with Crippen LogP contribution in [-0.2, 0) is 4.74 Å². The largest absolute Gasteiger partial charge is 0.382 e. The van der Waals surface area contributed by atoms with Crippen LogP contribution < -0.4 is 21.5 Å². The monoisotopic (exact) mass is 265 g/mol. The third-order valence-electron chi connectivity index (χ3n) is 2.52. The fraction of sp³-hybridized carbons (Fsp3) is 0.462. The Morgan fingerprint density at radius 1 is 1.47 bits per heavy atom. The van der Waals surface area contributed by atoms with Gasteiger partial charge in [-0.1, -0.05) is 6.07 Å². The Kier molecular flexibility index (Phi) is 6.11. The van der Waals surface area contributed by atoms with Crippen molar-refractivity contribution in [1.82, 2.24) is 5.43 Å². The molecular weight excluding hydrogens is 242 g/mol. The summed E-state index contributed by atoms with van der Waals surface area (Å²) in [6, 6.07) is 8.02. The third-order valence-corrected chi connectivity index (χ3v) is 2.52. The van der Waals surface area contributed by atoms with Crippen LogP contribution in [0.15, 0.2) is 29.3 Å². The quantitative estimate of drug-likeness (QED) is 0.321. The van der Waals surface area contributed by atoms with Gasteiger partial charge in [0.1, 0.15) is 0 Å². The van der Waals surface area contributed by atoms with E-state index in [1.54, 1.807) is 7.11 Å². The highest BCUT2D eigenvalue weighted by Crippen LogP contribution is 2.17. The van der Waals surface area contributed by atoms with Crippen LogP contribution in [0.1, 0.15) is 6.92 Å². The van der Waals surface area contributed by atoms with E-state index in [4.69, 9.17) is 10.6 Å². The fourth-order valence-electron chi connectivity index (χ4n) is 1.60. The second-order valence-corrected chi connectivity index (χ2v) is 4.50. The van der Waals surface area contributed by atoms with Gasteiger partial charge in [0.25, 0.3) is 0 Å². The average molecular weight is 265 g/mol. The van der Waals surface area contributed by atoms with E-state index in [1.165, 1.54) is 0 Å². The molecule has 0 heterocycles. The summed E-state index contributed by atoms with van der Waals surface area (Å²) in [5, 5.41) is 3.14. The average Bonchev–Trinajstić information content (AvgIpc) is 2.38. The second kappa shape index (κ2) is 7.60. The van der Waals surface area contributed by atoms with Crippen LogP contribution in [0, 0.1) is 0 Å². The molecule has 6 heteroatoms. The Labute approximate surface area is 114 Å². The molecule has 0 bridgehead atoms. The van der Waals surface area contributed by atoms with E-state index < -0.39 is 0 Å². The van der Waals surface area contributed by atoms with Crippen LogP contribution in [0.25, 0.3) is 0 Å². The number of nitrogens with two attached hydrogens (primary N) is 1. The van der Waals surface area contributed by atoms with Crippen LogP contribution in [-0.4, -0.2) is 39.8 Å². The van der Waals surface area contributed by atoms with Gasteiger partial charge in [0.2, 0.25) is 5.96 Å². The van der Waals surface area contributed by atoms with Crippen LogP contribution in [0.5, 0.6) is 0 Å². The molecule has 0 saturated heterocycles. The molecule has 19 heavy (non-hydrogen) atoms. The van der Waals surface area contributed by atoms with E-state index in [9.17, 15) is 0 Å². The Balaban J connectivity index is 2.78. The Morgan fingerprint density at radius 2 is 2.21 bits per heavy atom. The zero-order valence-electron chi connectivity index (χ0n) is 12.0. The zero-order valence-corrected chi connectivity index (χ0v) is 12.0. The van der Waals surface area contributed by atoms with Crippen molar-refractivity contribution in [1.29, 1.82) is 0 Å². The molecule has 0 fully saturated rings. The fourth-order valence-corrected chi connectivity index (χ4v) is 1.60. The van der Waals surface area contributed by atoms with Gasteiger partial charge in [-0.05, 0) is 25.1 Å². The van der Waals surface area contributed by atoms with Crippen LogP contribution in [0.2, 0.25) is 0 Å². The van der Waals surface area contributed by atoms with Gasteiger partial charge in [-0.15, -0.1) is 0 Å². The predicted octanol–water partition coefficient (Wildman–Crippen LogP) is 1.02. The molecule has 4 N–H and O–H groups in total. The number of aliphatic imine (C=N–C) groups is 1. The molecule has 1 unspecified atom stereocenters. The minimum absolute atomic E-state index is 0.0283. The molecule has 1 rings (SSSR count). The van der Waals surface area contributed by atoms with Gasteiger partial charge in [-0.2, -0.15) is 0 Å². The number of hydrogen-bond donors (Lipinski definition) is 3. The summed E-state index contributed by atoms with van der Waals surface area (Å²) in [4.78, 5) is 6.42. The zero-order chi connectivity index (χ0) is 14.3. The lowest BCUT2D eigenvalue weighted by molar-refractivity contribution is 0.185. The van der Waals surface area contributed by atoms with E-state index in [2.05, 4.69) is 15.7 Å². The molecule has 0 aliphatic rings. The van der Waals surface area contributed by atoms with Crippen LogP contribution in [0.4, 0.5) is 11.4 Å². The lowest BCUT2D eigenvalue weighted by Crippen LogP contribution is -2.37. The predicted molar refractivity (Wildman–Crippen MR) is 80.5 cm³/mol. The standard InChI is InChI=1S/C13H23N5O/c1-10(9-19-4)15-13(17-14)16-11-6-5-7-12(8-11)18(2)3/h5-8,10H,9,14H2,1-4H3,(H2,15,16,17). The van der Waals surface area contributed by atoms with Crippen molar-refractivity contribution in [2.75, 3.05) is 38.0 Å². The van der Waals surface area contributed by atoms with Crippen molar-refractivity contribution < 1.29 is 4.74 Å². The summed E-state index contributed by atoms with van der Waals surface area (Å²) in [6.45, 7) is 2.50. The molecule has 1 aromatic carbocycles. The number of methoxy groups -OCH3 is 1. The SMILES string of the molecule is COCC(C)N=C(NN)Nc1cccc(N(C)C)c1. The van der Waals surface area contributed by atoms with E-state index >= 15 is 0 Å². The molecule has 0 spiro atoms. The number of nitrogens with zero attached hydrogens (tertiary/aromatic N) is 2. The summed E-state index contributed by atoms with van der Waals surface area (Å²) in [7, 11) is 5.64. The maximum absolute atomic E-state index is 5.47. The van der Waals surface area contributed by atoms with Gasteiger partial charge in [0, 0.05) is 32.6 Å². The maximum atomic E-state index is 5.47. The highest BCUT2D eigenvalue weighted by atomic mass is 16.5. The van der Waals surface area contributed by atoms with Gasteiger partial charge >= 0.3 is 0 Å². The van der Waals surface area contributed by atoms with Crippen molar-refractivity contribution >= 4 is 17.3 Å². The van der Waals surface area contributed by atoms with E-state index in [0.29, 0.717) is 12.6 Å². The van der Waals surface area contributed by atoms with Crippen molar-refractivity contribution in [3.63, 3.8) is 0 Å². The minimum Gasteiger partial charge on any atom is -0.382 e. The third kappa shape index (κ3) is 5.15. The molecular formula is C13H23N5O. The normalized spacial score (nSPS) is 13.0. The van der Waals surface area contributed by atoms with Gasteiger partial charge in [0.05, 0.1) is 12.6 Å². The number of nitrogens with one attached hydrogen (secondary N) is 2. The first kappa shape index (κ1) is 15.3. The molecule has 6 nitrogen and oxygen atoms in total. The highest BCUT2D eigenvalue weighted by Gasteiger charge is 2.04. The number of hydrogen-bond acceptors (Lipinski definition) is 4. The molecule has 0 aliphatic heterocycles. The minimum atomic E-state index is 0.0283. The Hall–Kier alpha value is -1.79. The summed E-state index contributed by atoms with van der Waals surface area (Å²) in [5.74, 6) is 5.98. The first-order valence-electron chi connectivity index (χ1n) is 6.14. The van der Waals surface area contributed by atoms with Crippen molar-refractivity contribution in [2.24, 2.45) is 10.8 Å². The maximum Gasteiger partial charge on any atom is 0.210 e. The van der Waals surface area contributed by atoms with Crippen molar-refractivity contribution in [2.45, 2.75) is 13.0 Å². The molecule has 0 saturated carbocycles. The van der Waals surface area contributed by atoms with Crippen LogP contribution >= 0.6 is 0 Å². The molecule has 1 atom stereocenters. The second-order valence-electron chi connectivity index (χ2n) is 4.50. The molecule has 106 valence electrons. The molecule has 0 aromatic heterocycles. The number of hydrazine groups is 1. The van der Waals surface area contributed by atoms with E-state index in [0.717, 1.165) is 11.4 Å². The van der Waals surface area contributed by atoms with Gasteiger partial charge in [-0.3, -0.25) is 5.43 Å². The first-order valence-corrected chi connectivity index (χ1v) is 6.14. The molecule has 0 radical (unpaired) electrons. The first-order chi connectivity index (χ1) is 9.06. The van der Waals surface area contributed by atoms with Crippen molar-refractivity contribution in [3.8, 4) is 0 Å². The Morgan fingerprint density at radius 3 is 2.79 bits per heavy atom. The summed E-state index contributed by atoms with van der Waals surface area (Å²) in [5.41, 5.74) is 4.58.